The lowest BCUT2D eigenvalue weighted by molar-refractivity contribution is -0.121. The van der Waals surface area contributed by atoms with Crippen molar-refractivity contribution in [2.75, 3.05) is 20.7 Å². The maximum atomic E-state index is 12.7. The summed E-state index contributed by atoms with van der Waals surface area (Å²) in [5.41, 5.74) is 3.01. The van der Waals surface area contributed by atoms with Crippen LogP contribution >= 0.6 is 11.6 Å². The standard InChI is InChI=1S/C23H22ClN3O5S/c1-27(33(29,30)20-11-12-22(31-2)21(24)14-20)16-23(28)26-25-15-17-7-6-10-19(13-17)32-18-8-4-3-5-9-18/h3-15H,16H2,1-2H3,(H,26,28). The van der Waals surface area contributed by atoms with E-state index in [0.29, 0.717) is 22.8 Å². The number of benzene rings is 3. The smallest absolute Gasteiger partial charge is 0.255 e. The van der Waals surface area contributed by atoms with E-state index in [1.807, 2.05) is 30.3 Å². The molecular formula is C23H22ClN3O5S. The molecular weight excluding hydrogens is 466 g/mol. The Morgan fingerprint density at radius 3 is 2.48 bits per heavy atom. The van der Waals surface area contributed by atoms with E-state index in [1.54, 1.807) is 24.3 Å². The molecule has 0 aliphatic carbocycles. The normalized spacial score (nSPS) is 11.5. The van der Waals surface area contributed by atoms with Gasteiger partial charge in [0, 0.05) is 7.05 Å². The first-order valence-corrected chi connectivity index (χ1v) is 11.6. The molecule has 3 aromatic rings. The number of carbonyl (C=O) groups excluding carboxylic acids is 1. The van der Waals surface area contributed by atoms with Crippen molar-refractivity contribution in [3.63, 3.8) is 0 Å². The molecule has 3 aromatic carbocycles. The number of methoxy groups -OCH3 is 1. The van der Waals surface area contributed by atoms with Gasteiger partial charge >= 0.3 is 0 Å². The number of nitrogens with zero attached hydrogens (tertiary/aromatic N) is 2. The Morgan fingerprint density at radius 2 is 1.79 bits per heavy atom. The van der Waals surface area contributed by atoms with Crippen molar-refractivity contribution in [1.29, 1.82) is 0 Å². The SMILES string of the molecule is COc1ccc(S(=O)(=O)N(C)CC(=O)NN=Cc2cccc(Oc3ccccc3)c2)cc1Cl. The van der Waals surface area contributed by atoms with Crippen LogP contribution in [-0.4, -0.2) is 45.5 Å². The second-order valence-corrected chi connectivity index (χ2v) is 9.29. The molecule has 0 aliphatic rings. The molecule has 0 fully saturated rings. The van der Waals surface area contributed by atoms with Gasteiger partial charge in [0.15, 0.2) is 0 Å². The van der Waals surface area contributed by atoms with Gasteiger partial charge in [-0.05, 0) is 48.0 Å². The summed E-state index contributed by atoms with van der Waals surface area (Å²) in [7, 11) is -1.21. The summed E-state index contributed by atoms with van der Waals surface area (Å²) >= 11 is 6.01. The van der Waals surface area contributed by atoms with E-state index < -0.39 is 22.5 Å². The summed E-state index contributed by atoms with van der Waals surface area (Å²) < 4.78 is 37.1. The van der Waals surface area contributed by atoms with Gasteiger partial charge in [-0.2, -0.15) is 9.41 Å². The minimum absolute atomic E-state index is 0.0534. The second kappa shape index (κ2) is 11.0. The molecule has 3 rings (SSSR count). The van der Waals surface area contributed by atoms with Gasteiger partial charge in [-0.25, -0.2) is 13.8 Å². The third kappa shape index (κ3) is 6.55. The van der Waals surface area contributed by atoms with Crippen molar-refractivity contribution in [1.82, 2.24) is 9.73 Å². The van der Waals surface area contributed by atoms with Crippen LogP contribution in [0.3, 0.4) is 0 Å². The van der Waals surface area contributed by atoms with Gasteiger partial charge in [0.2, 0.25) is 10.0 Å². The number of likely N-dealkylation sites (N-methyl/N-ethyl adjacent to an activating group) is 1. The monoisotopic (exact) mass is 487 g/mol. The second-order valence-electron chi connectivity index (χ2n) is 6.84. The molecule has 0 spiro atoms. The van der Waals surface area contributed by atoms with Crippen LogP contribution < -0.4 is 14.9 Å². The molecule has 0 radical (unpaired) electrons. The fraction of sp³-hybridized carbons (Fsp3) is 0.130. The number of hydrogen-bond acceptors (Lipinski definition) is 6. The first-order chi connectivity index (χ1) is 15.8. The molecule has 0 aliphatic heterocycles. The molecule has 8 nitrogen and oxygen atoms in total. The van der Waals surface area contributed by atoms with Crippen molar-refractivity contribution in [3.05, 3.63) is 83.4 Å². The quantitative estimate of drug-likeness (QED) is 0.364. The van der Waals surface area contributed by atoms with Gasteiger partial charge in [0.1, 0.15) is 17.2 Å². The number of nitrogens with one attached hydrogen (secondary N) is 1. The summed E-state index contributed by atoms with van der Waals surface area (Å²) in [4.78, 5) is 12.1. The molecule has 0 unspecified atom stereocenters. The highest BCUT2D eigenvalue weighted by molar-refractivity contribution is 7.89. The van der Waals surface area contributed by atoms with Crippen LogP contribution in [0, 0.1) is 0 Å². The van der Waals surface area contributed by atoms with E-state index in [4.69, 9.17) is 21.1 Å². The summed E-state index contributed by atoms with van der Waals surface area (Å²) in [5, 5.41) is 4.05. The molecule has 0 atom stereocenters. The highest BCUT2D eigenvalue weighted by atomic mass is 35.5. The summed E-state index contributed by atoms with van der Waals surface area (Å²) in [6.45, 7) is -0.430. The van der Waals surface area contributed by atoms with Crippen LogP contribution in [0.1, 0.15) is 5.56 Å². The Balaban J connectivity index is 1.58. The Hall–Kier alpha value is -3.40. The van der Waals surface area contributed by atoms with E-state index >= 15 is 0 Å². The fourth-order valence-electron chi connectivity index (χ4n) is 2.77. The highest BCUT2D eigenvalue weighted by Crippen LogP contribution is 2.28. The average molecular weight is 488 g/mol. The lowest BCUT2D eigenvalue weighted by atomic mass is 10.2. The van der Waals surface area contributed by atoms with Gasteiger partial charge in [0.25, 0.3) is 5.91 Å². The average Bonchev–Trinajstić information content (AvgIpc) is 2.80. The first kappa shape index (κ1) is 24.2. The van der Waals surface area contributed by atoms with Crippen LogP contribution in [0.4, 0.5) is 0 Å². The highest BCUT2D eigenvalue weighted by Gasteiger charge is 2.23. The molecule has 1 N–H and O–H groups in total. The molecule has 0 saturated heterocycles. The van der Waals surface area contributed by atoms with Crippen LogP contribution in [0.25, 0.3) is 0 Å². The third-order valence-electron chi connectivity index (χ3n) is 4.44. The number of para-hydroxylation sites is 1. The number of hydrogen-bond donors (Lipinski definition) is 1. The molecule has 0 aromatic heterocycles. The Labute approximate surface area is 197 Å². The van der Waals surface area contributed by atoms with Crippen LogP contribution in [0.2, 0.25) is 5.02 Å². The van der Waals surface area contributed by atoms with E-state index in [0.717, 1.165) is 4.31 Å². The topological polar surface area (TPSA) is 97.3 Å². The Kier molecular flexibility index (Phi) is 8.05. The number of rotatable bonds is 9. The van der Waals surface area contributed by atoms with Crippen LogP contribution in [0.15, 0.2) is 82.8 Å². The van der Waals surface area contributed by atoms with Crippen molar-refractivity contribution < 1.29 is 22.7 Å². The first-order valence-electron chi connectivity index (χ1n) is 9.74. The maximum Gasteiger partial charge on any atom is 0.255 e. The Morgan fingerprint density at radius 1 is 1.06 bits per heavy atom. The van der Waals surface area contributed by atoms with Crippen molar-refractivity contribution in [3.8, 4) is 17.2 Å². The molecule has 1 amide bonds. The zero-order valence-electron chi connectivity index (χ0n) is 17.9. The lowest BCUT2D eigenvalue weighted by Crippen LogP contribution is -2.36. The zero-order valence-corrected chi connectivity index (χ0v) is 19.5. The number of halogens is 1. The van der Waals surface area contributed by atoms with Gasteiger partial charge in [-0.3, -0.25) is 4.79 Å². The van der Waals surface area contributed by atoms with Crippen molar-refractivity contribution >= 4 is 33.7 Å². The Bertz CT molecular complexity index is 1250. The van der Waals surface area contributed by atoms with Crippen LogP contribution in [-0.2, 0) is 14.8 Å². The van der Waals surface area contributed by atoms with Crippen molar-refractivity contribution in [2.24, 2.45) is 5.10 Å². The molecule has 0 bridgehead atoms. The van der Waals surface area contributed by atoms with E-state index in [-0.39, 0.29) is 9.92 Å². The largest absolute Gasteiger partial charge is 0.495 e. The predicted molar refractivity (Wildman–Crippen MR) is 127 cm³/mol. The zero-order chi connectivity index (χ0) is 23.8. The molecule has 172 valence electrons. The fourth-order valence-corrected chi connectivity index (χ4v) is 4.25. The van der Waals surface area contributed by atoms with Crippen LogP contribution in [0.5, 0.6) is 17.2 Å². The summed E-state index contributed by atoms with van der Waals surface area (Å²) in [6.07, 6.45) is 1.44. The summed E-state index contributed by atoms with van der Waals surface area (Å²) in [6, 6.07) is 20.5. The molecule has 0 saturated carbocycles. The third-order valence-corrected chi connectivity index (χ3v) is 6.53. The number of hydrazone groups is 1. The van der Waals surface area contributed by atoms with Gasteiger partial charge in [0.05, 0.1) is 29.8 Å². The van der Waals surface area contributed by atoms with E-state index in [2.05, 4.69) is 10.5 Å². The van der Waals surface area contributed by atoms with Crippen molar-refractivity contribution in [2.45, 2.75) is 4.90 Å². The number of sulfonamides is 1. The number of ether oxygens (including phenoxy) is 2. The molecule has 10 heteroatoms. The molecule has 0 heterocycles. The number of carbonyl (C=O) groups is 1. The summed E-state index contributed by atoms with van der Waals surface area (Å²) in [5.74, 6) is 1.06. The molecule has 33 heavy (non-hydrogen) atoms. The van der Waals surface area contributed by atoms with Gasteiger partial charge < -0.3 is 9.47 Å². The minimum atomic E-state index is -3.93. The van der Waals surface area contributed by atoms with E-state index in [9.17, 15) is 13.2 Å². The predicted octanol–water partition coefficient (Wildman–Crippen LogP) is 3.91. The van der Waals surface area contributed by atoms with E-state index in [1.165, 1.54) is 38.6 Å². The lowest BCUT2D eigenvalue weighted by Gasteiger charge is -2.16. The minimum Gasteiger partial charge on any atom is -0.495 e. The number of amides is 1. The van der Waals surface area contributed by atoms with Gasteiger partial charge in [-0.1, -0.05) is 41.9 Å². The maximum absolute atomic E-state index is 12.7. The van der Waals surface area contributed by atoms with Gasteiger partial charge in [-0.15, -0.1) is 0 Å².